The zero-order chi connectivity index (χ0) is 19.2. The molecule has 0 spiro atoms. The van der Waals surface area contributed by atoms with Gasteiger partial charge in [-0.1, -0.05) is 44.2 Å². The molecule has 1 aliphatic heterocycles. The van der Waals surface area contributed by atoms with E-state index in [1.54, 1.807) is 0 Å². The average molecular weight is 365 g/mol. The van der Waals surface area contributed by atoms with Crippen molar-refractivity contribution in [3.8, 4) is 0 Å². The lowest BCUT2D eigenvalue weighted by Gasteiger charge is -2.60. The van der Waals surface area contributed by atoms with E-state index in [0.717, 1.165) is 19.3 Å². The summed E-state index contributed by atoms with van der Waals surface area (Å²) in [7, 11) is 5.78. The van der Waals surface area contributed by atoms with Crippen LogP contribution in [-0.2, 0) is 11.3 Å². The molecule has 2 rings (SSSR count). The molecule has 1 saturated heterocycles. The molecular formula is C20H36N4O2. The van der Waals surface area contributed by atoms with Crippen LogP contribution in [0.3, 0.4) is 0 Å². The summed E-state index contributed by atoms with van der Waals surface area (Å²) < 4.78 is 0. The fraction of sp³-hybridized carbons (Fsp3) is 0.700. The summed E-state index contributed by atoms with van der Waals surface area (Å²) in [5.41, 5.74) is 0.317. The predicted octanol–water partition coefficient (Wildman–Crippen LogP) is 1.47. The van der Waals surface area contributed by atoms with E-state index < -0.39 is 17.4 Å². The molecule has 6 nitrogen and oxygen atoms in total. The number of aliphatic hydroxyl groups excluding tert-OH is 1. The predicted molar refractivity (Wildman–Crippen MR) is 106 cm³/mol. The number of hydrogen-bond donors (Lipinski definition) is 4. The van der Waals surface area contributed by atoms with Gasteiger partial charge in [-0.25, -0.2) is 0 Å². The van der Waals surface area contributed by atoms with Crippen molar-refractivity contribution in [1.29, 1.82) is 0 Å². The van der Waals surface area contributed by atoms with Gasteiger partial charge >= 0.3 is 0 Å². The first-order valence-electron chi connectivity index (χ1n) is 9.73. The fourth-order valence-corrected chi connectivity index (χ4v) is 4.41. The van der Waals surface area contributed by atoms with Crippen LogP contribution in [0.15, 0.2) is 30.3 Å². The monoisotopic (exact) mass is 364 g/mol. The van der Waals surface area contributed by atoms with Crippen LogP contribution < -0.4 is 16.0 Å². The lowest BCUT2D eigenvalue weighted by atomic mass is 9.79. The van der Waals surface area contributed by atoms with Gasteiger partial charge in [0.15, 0.2) is 0 Å². The molecule has 26 heavy (non-hydrogen) atoms. The van der Waals surface area contributed by atoms with Crippen molar-refractivity contribution in [2.75, 3.05) is 27.7 Å². The highest BCUT2D eigenvalue weighted by Crippen LogP contribution is 2.40. The number of aliphatic hydroxyl groups is 1. The van der Waals surface area contributed by atoms with Crippen molar-refractivity contribution in [3.63, 3.8) is 0 Å². The van der Waals surface area contributed by atoms with Gasteiger partial charge in [-0.05, 0) is 46.0 Å². The minimum atomic E-state index is -0.512. The molecule has 4 N–H and O–H groups in total. The molecule has 0 amide bonds. The van der Waals surface area contributed by atoms with Crippen LogP contribution in [0.25, 0.3) is 0 Å². The minimum absolute atomic E-state index is 0.137. The highest BCUT2D eigenvalue weighted by atomic mass is 16.7. The Bertz CT molecular complexity index is 532. The Kier molecular flexibility index (Phi) is 7.58. The maximum atomic E-state index is 10.9. The molecule has 0 saturated carbocycles. The summed E-state index contributed by atoms with van der Waals surface area (Å²) in [6.07, 6.45) is 2.58. The molecule has 4 atom stereocenters. The second-order valence-corrected chi connectivity index (χ2v) is 7.06. The molecule has 148 valence electrons. The summed E-state index contributed by atoms with van der Waals surface area (Å²) in [6, 6.07) is 10.2. The molecule has 1 aromatic carbocycles. The van der Waals surface area contributed by atoms with Gasteiger partial charge in [0, 0.05) is 6.42 Å². The van der Waals surface area contributed by atoms with Gasteiger partial charge in [0.1, 0.15) is 5.66 Å². The lowest BCUT2D eigenvalue weighted by molar-refractivity contribution is -0.331. The zero-order valence-electron chi connectivity index (χ0n) is 16.9. The Morgan fingerprint density at radius 3 is 2.31 bits per heavy atom. The van der Waals surface area contributed by atoms with Crippen LogP contribution in [0, 0.1) is 0 Å². The number of likely N-dealkylation sites (N-methyl/N-ethyl adjacent to an activating group) is 2. The maximum Gasteiger partial charge on any atom is 0.115 e. The van der Waals surface area contributed by atoms with E-state index in [9.17, 15) is 5.11 Å². The largest absolute Gasteiger partial charge is 0.391 e. The second-order valence-electron chi connectivity index (χ2n) is 7.06. The van der Waals surface area contributed by atoms with Crippen LogP contribution >= 0.6 is 0 Å². The minimum Gasteiger partial charge on any atom is -0.391 e. The van der Waals surface area contributed by atoms with Crippen LogP contribution in [0.2, 0.25) is 0 Å². The molecule has 0 bridgehead atoms. The number of rotatable bonds is 9. The summed E-state index contributed by atoms with van der Waals surface area (Å²) in [4.78, 5) is 6.42. The number of piperidine rings is 1. The first-order chi connectivity index (χ1) is 12.5. The lowest BCUT2D eigenvalue weighted by Crippen LogP contribution is -2.81. The molecule has 0 aromatic heterocycles. The molecule has 6 heteroatoms. The first kappa shape index (κ1) is 21.3. The third-order valence-corrected chi connectivity index (χ3v) is 5.98. The smallest absolute Gasteiger partial charge is 0.115 e. The van der Waals surface area contributed by atoms with Crippen molar-refractivity contribution >= 4 is 0 Å². The number of benzene rings is 1. The number of nitrogens with one attached hydrogen (secondary N) is 3. The zero-order valence-corrected chi connectivity index (χ0v) is 16.9. The normalized spacial score (nSPS) is 32.7. The summed E-state index contributed by atoms with van der Waals surface area (Å²) >= 11 is 0. The standard InChI is InChI=1S/C20H36N4O2/c1-6-19(22-4)15-17(25)18(21-3)20(7-2,23-5)24(19)26-14-13-16-11-9-8-10-12-16/h8-12,17-18,21-23,25H,6-7,13-15H2,1-5H3. The SMILES string of the molecule is CCC1(NC)CC(O)C(NC)C(CC)(NC)N1OCCc1ccccc1. The molecule has 1 heterocycles. The van der Waals surface area contributed by atoms with Gasteiger partial charge in [0.25, 0.3) is 0 Å². The first-order valence-corrected chi connectivity index (χ1v) is 9.73. The average Bonchev–Trinajstić information content (AvgIpc) is 2.69. The summed E-state index contributed by atoms with van der Waals surface area (Å²) in [5.74, 6) is 0. The number of hydroxylamine groups is 2. The molecule has 1 aromatic rings. The van der Waals surface area contributed by atoms with Crippen molar-refractivity contribution < 1.29 is 9.94 Å². The Hall–Kier alpha value is -1.02. The number of hydrogen-bond acceptors (Lipinski definition) is 6. The van der Waals surface area contributed by atoms with E-state index in [0.29, 0.717) is 13.0 Å². The van der Waals surface area contributed by atoms with Crippen molar-refractivity contribution in [1.82, 2.24) is 21.0 Å². The Balaban J connectivity index is 2.29. The summed E-state index contributed by atoms with van der Waals surface area (Å²) in [5, 5.41) is 23.1. The van der Waals surface area contributed by atoms with Gasteiger partial charge in [-0.2, -0.15) is 0 Å². The Labute approximate surface area is 158 Å². The van der Waals surface area contributed by atoms with Gasteiger partial charge in [-0.15, -0.1) is 5.06 Å². The van der Waals surface area contributed by atoms with Crippen LogP contribution in [0.5, 0.6) is 0 Å². The van der Waals surface area contributed by atoms with Crippen LogP contribution in [0.4, 0.5) is 0 Å². The van der Waals surface area contributed by atoms with Gasteiger partial charge < -0.3 is 15.7 Å². The Morgan fingerprint density at radius 1 is 1.12 bits per heavy atom. The van der Waals surface area contributed by atoms with E-state index in [4.69, 9.17) is 4.84 Å². The van der Waals surface area contributed by atoms with E-state index in [-0.39, 0.29) is 6.04 Å². The topological polar surface area (TPSA) is 68.8 Å². The molecule has 4 unspecified atom stereocenters. The van der Waals surface area contributed by atoms with Crippen LogP contribution in [-0.4, -0.2) is 61.4 Å². The molecule has 1 aliphatic rings. The molecule has 0 radical (unpaired) electrons. The van der Waals surface area contributed by atoms with Crippen molar-refractivity contribution in [2.24, 2.45) is 0 Å². The highest BCUT2D eigenvalue weighted by Gasteiger charge is 2.58. The molecule has 0 aliphatic carbocycles. The van der Waals surface area contributed by atoms with Gasteiger partial charge in [-0.3, -0.25) is 10.2 Å². The van der Waals surface area contributed by atoms with Crippen molar-refractivity contribution in [2.45, 2.75) is 63.0 Å². The quantitative estimate of drug-likeness (QED) is 0.532. The fourth-order valence-electron chi connectivity index (χ4n) is 4.41. The maximum absolute atomic E-state index is 10.9. The third kappa shape index (κ3) is 3.81. The highest BCUT2D eigenvalue weighted by molar-refractivity contribution is 5.14. The van der Waals surface area contributed by atoms with Gasteiger partial charge in [0.05, 0.1) is 24.4 Å². The third-order valence-electron chi connectivity index (χ3n) is 5.98. The van der Waals surface area contributed by atoms with Gasteiger partial charge in [0.2, 0.25) is 0 Å². The van der Waals surface area contributed by atoms with E-state index in [1.807, 2.05) is 27.2 Å². The summed E-state index contributed by atoms with van der Waals surface area (Å²) in [6.45, 7) is 4.85. The number of nitrogens with zero attached hydrogens (tertiary/aromatic N) is 1. The molecular weight excluding hydrogens is 328 g/mol. The van der Waals surface area contributed by atoms with Crippen LogP contribution in [0.1, 0.15) is 38.7 Å². The molecule has 1 fully saturated rings. The second kappa shape index (κ2) is 9.26. The van der Waals surface area contributed by atoms with E-state index in [2.05, 4.69) is 59.1 Å². The van der Waals surface area contributed by atoms with Crippen molar-refractivity contribution in [3.05, 3.63) is 35.9 Å². The van der Waals surface area contributed by atoms with E-state index in [1.165, 1.54) is 5.56 Å². The Morgan fingerprint density at radius 2 is 1.81 bits per heavy atom. The van der Waals surface area contributed by atoms with E-state index >= 15 is 0 Å².